The molecule has 0 amide bonds. The van der Waals surface area contributed by atoms with Crippen molar-refractivity contribution < 1.29 is 4.74 Å². The second kappa shape index (κ2) is 6.32. The molecule has 1 N–H and O–H groups in total. The molecular weight excluding hydrogens is 282 g/mol. The molecule has 0 bridgehead atoms. The molecule has 1 aromatic rings. The smallest absolute Gasteiger partial charge is 0.0982 e. The Labute approximate surface area is 131 Å². The van der Waals surface area contributed by atoms with Gasteiger partial charge in [0.05, 0.1) is 23.4 Å². The first-order valence-corrected chi connectivity index (χ1v) is 8.91. The average Bonchev–Trinajstić information content (AvgIpc) is 3.17. The van der Waals surface area contributed by atoms with Gasteiger partial charge in [-0.2, -0.15) is 0 Å². The van der Waals surface area contributed by atoms with E-state index in [0.29, 0.717) is 6.10 Å². The molecule has 2 fully saturated rings. The summed E-state index contributed by atoms with van der Waals surface area (Å²) in [6, 6.07) is 0.851. The van der Waals surface area contributed by atoms with Crippen LogP contribution in [-0.4, -0.2) is 48.3 Å². The first-order chi connectivity index (χ1) is 10.0. The molecule has 1 aliphatic heterocycles. The van der Waals surface area contributed by atoms with Crippen LogP contribution >= 0.6 is 11.3 Å². The summed E-state index contributed by atoms with van der Waals surface area (Å²) in [7, 11) is 0. The number of aromatic nitrogens is 1. The summed E-state index contributed by atoms with van der Waals surface area (Å²) in [5.74, 6) is 0. The average molecular weight is 309 g/mol. The largest absolute Gasteiger partial charge is 0.374 e. The van der Waals surface area contributed by atoms with Gasteiger partial charge in [0.25, 0.3) is 0 Å². The number of ether oxygens (including phenoxy) is 1. The maximum absolute atomic E-state index is 5.86. The molecule has 0 aromatic carbocycles. The number of thiazole rings is 1. The number of rotatable bonds is 5. The zero-order valence-electron chi connectivity index (χ0n) is 13.4. The summed E-state index contributed by atoms with van der Waals surface area (Å²) in [5, 5.41) is 6.90. The number of nitrogens with one attached hydrogen (secondary N) is 1. The van der Waals surface area contributed by atoms with Crippen molar-refractivity contribution in [3.63, 3.8) is 0 Å². The first kappa shape index (κ1) is 15.4. The van der Waals surface area contributed by atoms with Gasteiger partial charge in [-0.15, -0.1) is 11.3 Å². The third-order valence-corrected chi connectivity index (χ3v) is 5.42. The Balaban J connectivity index is 1.42. The van der Waals surface area contributed by atoms with E-state index in [1.165, 1.54) is 17.8 Å². The van der Waals surface area contributed by atoms with E-state index in [1.807, 2.05) is 0 Å². The van der Waals surface area contributed by atoms with E-state index in [2.05, 4.69) is 36.4 Å². The van der Waals surface area contributed by atoms with Crippen molar-refractivity contribution in [2.45, 2.75) is 57.7 Å². The molecule has 118 valence electrons. The van der Waals surface area contributed by atoms with E-state index in [1.54, 1.807) is 11.3 Å². The minimum atomic E-state index is 0.153. The fourth-order valence-corrected chi connectivity index (χ4v) is 3.64. The van der Waals surface area contributed by atoms with Crippen LogP contribution in [0.1, 0.15) is 44.3 Å². The highest BCUT2D eigenvalue weighted by Gasteiger charge is 2.32. The second-order valence-corrected chi connectivity index (χ2v) is 8.10. The molecule has 2 aliphatic rings. The van der Waals surface area contributed by atoms with Crippen LogP contribution in [0.2, 0.25) is 0 Å². The highest BCUT2D eigenvalue weighted by atomic mass is 32.1. The molecule has 1 unspecified atom stereocenters. The van der Waals surface area contributed by atoms with Crippen molar-refractivity contribution in [2.24, 2.45) is 0 Å². The van der Waals surface area contributed by atoms with Crippen LogP contribution in [0.3, 0.4) is 0 Å². The van der Waals surface area contributed by atoms with Crippen LogP contribution in [0.4, 0.5) is 0 Å². The standard InChI is InChI=1S/C16H27N3OS/c1-16(2,3)15-18-12(11-21-15)8-17-9-14-10-19(6-7-20-14)13-4-5-13/h11,13-14,17H,4-10H2,1-3H3. The van der Waals surface area contributed by atoms with Crippen LogP contribution in [0.5, 0.6) is 0 Å². The van der Waals surface area contributed by atoms with Crippen LogP contribution in [0.25, 0.3) is 0 Å². The van der Waals surface area contributed by atoms with E-state index in [0.717, 1.165) is 44.5 Å². The van der Waals surface area contributed by atoms with Crippen LogP contribution in [-0.2, 0) is 16.7 Å². The third-order valence-electron chi connectivity index (χ3n) is 4.10. The maximum atomic E-state index is 5.86. The number of hydrogen-bond acceptors (Lipinski definition) is 5. The fourth-order valence-electron chi connectivity index (χ4n) is 2.73. The summed E-state index contributed by atoms with van der Waals surface area (Å²) in [5.41, 5.74) is 1.31. The quantitative estimate of drug-likeness (QED) is 0.906. The Morgan fingerprint density at radius 2 is 2.24 bits per heavy atom. The molecule has 21 heavy (non-hydrogen) atoms. The predicted molar refractivity (Wildman–Crippen MR) is 86.9 cm³/mol. The third kappa shape index (κ3) is 4.25. The molecule has 1 atom stereocenters. The van der Waals surface area contributed by atoms with Crippen molar-refractivity contribution >= 4 is 11.3 Å². The van der Waals surface area contributed by atoms with E-state index in [4.69, 9.17) is 9.72 Å². The van der Waals surface area contributed by atoms with Crippen LogP contribution in [0.15, 0.2) is 5.38 Å². The minimum Gasteiger partial charge on any atom is -0.374 e. The Bertz CT molecular complexity index is 464. The molecule has 1 saturated carbocycles. The Morgan fingerprint density at radius 3 is 2.90 bits per heavy atom. The normalized spacial score (nSPS) is 24.4. The van der Waals surface area contributed by atoms with Gasteiger partial charge in [0.1, 0.15) is 0 Å². The van der Waals surface area contributed by atoms with Crippen molar-refractivity contribution in [3.05, 3.63) is 16.1 Å². The molecule has 0 radical (unpaired) electrons. The molecular formula is C16H27N3OS. The highest BCUT2D eigenvalue weighted by molar-refractivity contribution is 7.09. The fraction of sp³-hybridized carbons (Fsp3) is 0.812. The van der Waals surface area contributed by atoms with Crippen molar-refractivity contribution in [1.82, 2.24) is 15.2 Å². The Hall–Kier alpha value is -0.490. The number of morpholine rings is 1. The molecule has 1 saturated heterocycles. The van der Waals surface area contributed by atoms with E-state index < -0.39 is 0 Å². The summed E-state index contributed by atoms with van der Waals surface area (Å²) in [6.45, 7) is 11.5. The zero-order valence-corrected chi connectivity index (χ0v) is 14.2. The predicted octanol–water partition coefficient (Wildman–Crippen LogP) is 2.39. The lowest BCUT2D eigenvalue weighted by atomic mass is 9.98. The van der Waals surface area contributed by atoms with Gasteiger partial charge >= 0.3 is 0 Å². The Morgan fingerprint density at radius 1 is 1.43 bits per heavy atom. The molecule has 3 rings (SSSR count). The van der Waals surface area contributed by atoms with Crippen LogP contribution in [0, 0.1) is 0 Å². The maximum Gasteiger partial charge on any atom is 0.0982 e. The first-order valence-electron chi connectivity index (χ1n) is 8.03. The van der Waals surface area contributed by atoms with Crippen molar-refractivity contribution in [3.8, 4) is 0 Å². The lowest BCUT2D eigenvalue weighted by Crippen LogP contribution is -2.47. The van der Waals surface area contributed by atoms with Gasteiger partial charge in [-0.1, -0.05) is 20.8 Å². The molecule has 1 aromatic heterocycles. The lowest BCUT2D eigenvalue weighted by Gasteiger charge is -2.33. The van der Waals surface area contributed by atoms with E-state index in [9.17, 15) is 0 Å². The molecule has 4 nitrogen and oxygen atoms in total. The monoisotopic (exact) mass is 309 g/mol. The zero-order chi connectivity index (χ0) is 14.9. The Kier molecular flexibility index (Phi) is 4.64. The van der Waals surface area contributed by atoms with E-state index in [-0.39, 0.29) is 5.41 Å². The van der Waals surface area contributed by atoms with Gasteiger partial charge in [0.15, 0.2) is 0 Å². The lowest BCUT2D eigenvalue weighted by molar-refractivity contribution is -0.0301. The minimum absolute atomic E-state index is 0.153. The molecule has 2 heterocycles. The SMILES string of the molecule is CC(C)(C)c1nc(CNCC2CN(C3CC3)CCO2)cs1. The van der Waals surface area contributed by atoms with Gasteiger partial charge in [-0.25, -0.2) is 4.98 Å². The summed E-state index contributed by atoms with van der Waals surface area (Å²) >= 11 is 1.76. The highest BCUT2D eigenvalue weighted by Crippen LogP contribution is 2.28. The second-order valence-electron chi connectivity index (χ2n) is 7.24. The van der Waals surface area contributed by atoms with Crippen molar-refractivity contribution in [2.75, 3.05) is 26.2 Å². The van der Waals surface area contributed by atoms with E-state index >= 15 is 0 Å². The van der Waals surface area contributed by atoms with Crippen LogP contribution < -0.4 is 5.32 Å². The summed E-state index contributed by atoms with van der Waals surface area (Å²) in [6.07, 6.45) is 3.10. The van der Waals surface area contributed by atoms with Crippen molar-refractivity contribution in [1.29, 1.82) is 0 Å². The molecule has 1 aliphatic carbocycles. The number of nitrogens with zero attached hydrogens (tertiary/aromatic N) is 2. The molecule has 0 spiro atoms. The van der Waals surface area contributed by atoms with Gasteiger partial charge < -0.3 is 10.1 Å². The van der Waals surface area contributed by atoms with Gasteiger partial charge in [0, 0.05) is 43.0 Å². The molecule has 5 heteroatoms. The van der Waals surface area contributed by atoms with Gasteiger partial charge in [-0.05, 0) is 12.8 Å². The summed E-state index contributed by atoms with van der Waals surface area (Å²) < 4.78 is 5.86. The van der Waals surface area contributed by atoms with Gasteiger partial charge in [-0.3, -0.25) is 4.90 Å². The summed E-state index contributed by atoms with van der Waals surface area (Å²) in [4.78, 5) is 7.32. The number of hydrogen-bond donors (Lipinski definition) is 1. The topological polar surface area (TPSA) is 37.4 Å². The van der Waals surface area contributed by atoms with Gasteiger partial charge in [0.2, 0.25) is 0 Å².